The second kappa shape index (κ2) is 6.60. The third-order valence-electron chi connectivity index (χ3n) is 3.24. The predicted octanol–water partition coefficient (Wildman–Crippen LogP) is 3.74. The van der Waals surface area contributed by atoms with Crippen LogP contribution in [0.4, 0.5) is 0 Å². The van der Waals surface area contributed by atoms with E-state index in [1.54, 1.807) is 25.1 Å². The van der Waals surface area contributed by atoms with Crippen LogP contribution in [0.15, 0.2) is 53.0 Å². The predicted molar refractivity (Wildman–Crippen MR) is 87.5 cm³/mol. The highest BCUT2D eigenvalue weighted by Crippen LogP contribution is 2.23. The molecular formula is C16H15BrClNO2. The van der Waals surface area contributed by atoms with Crippen LogP contribution in [0.3, 0.4) is 0 Å². The van der Waals surface area contributed by atoms with E-state index in [2.05, 4.69) is 21.2 Å². The first-order valence-corrected chi connectivity index (χ1v) is 7.57. The van der Waals surface area contributed by atoms with Crippen LogP contribution in [0.2, 0.25) is 5.02 Å². The monoisotopic (exact) mass is 367 g/mol. The molecule has 0 fully saturated rings. The summed E-state index contributed by atoms with van der Waals surface area (Å²) in [6.07, 6.45) is 0. The Balaban J connectivity index is 2.28. The van der Waals surface area contributed by atoms with E-state index in [1.807, 2.05) is 30.3 Å². The van der Waals surface area contributed by atoms with Gasteiger partial charge in [-0.2, -0.15) is 0 Å². The molecule has 0 heterocycles. The van der Waals surface area contributed by atoms with Gasteiger partial charge in [-0.25, -0.2) is 0 Å². The quantitative estimate of drug-likeness (QED) is 0.863. The van der Waals surface area contributed by atoms with Gasteiger partial charge in [0.2, 0.25) is 0 Å². The molecular weight excluding hydrogens is 354 g/mol. The number of carbonyl (C=O) groups excluding carboxylic acids is 1. The number of carbonyl (C=O) groups is 1. The van der Waals surface area contributed by atoms with Crippen molar-refractivity contribution in [1.29, 1.82) is 0 Å². The maximum atomic E-state index is 12.4. The zero-order valence-corrected chi connectivity index (χ0v) is 13.8. The summed E-state index contributed by atoms with van der Waals surface area (Å²) in [5.74, 6) is -0.293. The molecule has 5 heteroatoms. The fraction of sp³-hybridized carbons (Fsp3) is 0.188. The van der Waals surface area contributed by atoms with Gasteiger partial charge in [0.25, 0.3) is 5.91 Å². The first kappa shape index (κ1) is 16.0. The number of benzene rings is 2. The highest BCUT2D eigenvalue weighted by atomic mass is 79.9. The Morgan fingerprint density at radius 2 is 1.95 bits per heavy atom. The normalized spacial score (nSPS) is 13.5. The van der Waals surface area contributed by atoms with Crippen molar-refractivity contribution in [3.8, 4) is 0 Å². The SMILES string of the molecule is CC(CO)(NC(=O)c1cc(Cl)cc(Br)c1)c1ccccc1. The lowest BCUT2D eigenvalue weighted by Gasteiger charge is -2.29. The Labute approximate surface area is 137 Å². The molecule has 2 aromatic carbocycles. The minimum absolute atomic E-state index is 0.204. The van der Waals surface area contributed by atoms with Gasteiger partial charge in [0.05, 0.1) is 12.1 Å². The number of aliphatic hydroxyl groups excluding tert-OH is 1. The third-order valence-corrected chi connectivity index (χ3v) is 3.92. The van der Waals surface area contributed by atoms with E-state index in [0.717, 1.165) is 10.0 Å². The molecule has 0 aliphatic heterocycles. The van der Waals surface area contributed by atoms with Gasteiger partial charge in [0.1, 0.15) is 0 Å². The molecule has 110 valence electrons. The van der Waals surface area contributed by atoms with Crippen molar-refractivity contribution in [3.63, 3.8) is 0 Å². The molecule has 0 saturated heterocycles. The highest BCUT2D eigenvalue weighted by molar-refractivity contribution is 9.10. The maximum absolute atomic E-state index is 12.4. The number of nitrogens with one attached hydrogen (secondary N) is 1. The van der Waals surface area contributed by atoms with Crippen LogP contribution in [-0.2, 0) is 5.54 Å². The van der Waals surface area contributed by atoms with Crippen molar-refractivity contribution >= 4 is 33.4 Å². The molecule has 0 aliphatic carbocycles. The van der Waals surface area contributed by atoms with Gasteiger partial charge in [-0.05, 0) is 30.7 Å². The standard InChI is InChI=1S/C16H15BrClNO2/c1-16(10-20,12-5-3-2-4-6-12)19-15(21)11-7-13(17)9-14(18)8-11/h2-9,20H,10H2,1H3,(H,19,21). The Bertz CT molecular complexity index is 628. The molecule has 3 nitrogen and oxygen atoms in total. The molecule has 0 aliphatic rings. The van der Waals surface area contributed by atoms with Crippen LogP contribution in [-0.4, -0.2) is 17.6 Å². The molecule has 1 unspecified atom stereocenters. The number of hydrogen-bond acceptors (Lipinski definition) is 2. The summed E-state index contributed by atoms with van der Waals surface area (Å²) in [7, 11) is 0. The van der Waals surface area contributed by atoms with Crippen LogP contribution in [0.5, 0.6) is 0 Å². The topological polar surface area (TPSA) is 49.3 Å². The molecule has 0 radical (unpaired) electrons. The van der Waals surface area contributed by atoms with Crippen molar-refractivity contribution in [1.82, 2.24) is 5.32 Å². The fourth-order valence-corrected chi connectivity index (χ4v) is 2.88. The average Bonchev–Trinajstić information content (AvgIpc) is 2.47. The lowest BCUT2D eigenvalue weighted by Crippen LogP contribution is -2.46. The third kappa shape index (κ3) is 3.84. The van der Waals surface area contributed by atoms with Gasteiger partial charge in [-0.15, -0.1) is 0 Å². The lowest BCUT2D eigenvalue weighted by molar-refractivity contribution is 0.0849. The van der Waals surface area contributed by atoms with E-state index in [1.165, 1.54) is 0 Å². The van der Waals surface area contributed by atoms with Crippen LogP contribution in [0, 0.1) is 0 Å². The molecule has 1 atom stereocenters. The molecule has 0 spiro atoms. The molecule has 0 bridgehead atoms. The zero-order valence-electron chi connectivity index (χ0n) is 11.4. The van der Waals surface area contributed by atoms with Crippen LogP contribution >= 0.6 is 27.5 Å². The zero-order chi connectivity index (χ0) is 15.5. The molecule has 1 amide bonds. The summed E-state index contributed by atoms with van der Waals surface area (Å²) >= 11 is 9.27. The largest absolute Gasteiger partial charge is 0.394 e. The van der Waals surface area contributed by atoms with Gasteiger partial charge < -0.3 is 10.4 Å². The number of amides is 1. The summed E-state index contributed by atoms with van der Waals surface area (Å²) in [6, 6.07) is 14.3. The van der Waals surface area contributed by atoms with Crippen molar-refractivity contribution in [2.75, 3.05) is 6.61 Å². The van der Waals surface area contributed by atoms with Crippen LogP contribution in [0.1, 0.15) is 22.8 Å². The summed E-state index contributed by atoms with van der Waals surface area (Å²) < 4.78 is 0.727. The fourth-order valence-electron chi connectivity index (χ4n) is 2.02. The Kier molecular flexibility index (Phi) is 5.04. The van der Waals surface area contributed by atoms with E-state index in [-0.39, 0.29) is 12.5 Å². The van der Waals surface area contributed by atoms with E-state index in [4.69, 9.17) is 11.6 Å². The first-order chi connectivity index (χ1) is 9.94. The van der Waals surface area contributed by atoms with Gasteiger partial charge in [0.15, 0.2) is 0 Å². The van der Waals surface area contributed by atoms with Gasteiger partial charge in [-0.3, -0.25) is 4.79 Å². The lowest BCUT2D eigenvalue weighted by atomic mass is 9.92. The Morgan fingerprint density at radius 1 is 1.29 bits per heavy atom. The summed E-state index contributed by atoms with van der Waals surface area (Å²) in [5.41, 5.74) is 0.416. The molecule has 21 heavy (non-hydrogen) atoms. The smallest absolute Gasteiger partial charge is 0.252 e. The highest BCUT2D eigenvalue weighted by Gasteiger charge is 2.28. The van der Waals surface area contributed by atoms with Crippen LogP contribution in [0.25, 0.3) is 0 Å². The molecule has 0 aromatic heterocycles. The summed E-state index contributed by atoms with van der Waals surface area (Å²) in [4.78, 5) is 12.4. The van der Waals surface area contributed by atoms with Gasteiger partial charge >= 0.3 is 0 Å². The molecule has 0 saturated carbocycles. The number of rotatable bonds is 4. The van der Waals surface area contributed by atoms with Crippen molar-refractivity contribution in [2.24, 2.45) is 0 Å². The molecule has 2 N–H and O–H groups in total. The van der Waals surface area contributed by atoms with Gasteiger partial charge in [-0.1, -0.05) is 57.9 Å². The van der Waals surface area contributed by atoms with E-state index >= 15 is 0 Å². The Hall–Kier alpha value is -1.36. The minimum Gasteiger partial charge on any atom is -0.394 e. The van der Waals surface area contributed by atoms with Crippen molar-refractivity contribution in [3.05, 3.63) is 69.2 Å². The minimum atomic E-state index is -0.854. The summed E-state index contributed by atoms with van der Waals surface area (Å²) in [5, 5.41) is 13.0. The molecule has 2 aromatic rings. The van der Waals surface area contributed by atoms with E-state index in [0.29, 0.717) is 10.6 Å². The first-order valence-electron chi connectivity index (χ1n) is 6.39. The second-order valence-corrected chi connectivity index (χ2v) is 6.32. The number of hydrogen-bond donors (Lipinski definition) is 2. The Morgan fingerprint density at radius 3 is 2.52 bits per heavy atom. The second-order valence-electron chi connectivity index (χ2n) is 4.97. The van der Waals surface area contributed by atoms with E-state index < -0.39 is 5.54 Å². The number of aliphatic hydroxyl groups is 1. The van der Waals surface area contributed by atoms with Gasteiger partial charge in [0, 0.05) is 15.1 Å². The van der Waals surface area contributed by atoms with Crippen molar-refractivity contribution in [2.45, 2.75) is 12.5 Å². The maximum Gasteiger partial charge on any atom is 0.252 e. The van der Waals surface area contributed by atoms with Crippen LogP contribution < -0.4 is 5.32 Å². The summed E-state index contributed by atoms with van der Waals surface area (Å²) in [6.45, 7) is 1.57. The van der Waals surface area contributed by atoms with E-state index in [9.17, 15) is 9.90 Å². The number of halogens is 2. The molecule has 2 rings (SSSR count). The van der Waals surface area contributed by atoms with Crippen molar-refractivity contribution < 1.29 is 9.90 Å². The average molecular weight is 369 g/mol.